The number of hydrogen-bond acceptors (Lipinski definition) is 6. The van der Waals surface area contributed by atoms with E-state index in [-0.39, 0.29) is 52.9 Å². The lowest BCUT2D eigenvalue weighted by Gasteiger charge is -2.33. The molecule has 11 heteroatoms. The summed E-state index contributed by atoms with van der Waals surface area (Å²) in [6.07, 6.45) is -4.52. The summed E-state index contributed by atoms with van der Waals surface area (Å²) in [4.78, 5) is 15.0. The van der Waals surface area contributed by atoms with Gasteiger partial charge in [-0.05, 0) is 36.2 Å². The maximum absolute atomic E-state index is 14.0. The molecular formula is C22H17ClF3NO5S. The Kier molecular flexibility index (Phi) is 5.22. The van der Waals surface area contributed by atoms with Crippen molar-refractivity contribution in [2.75, 3.05) is 18.2 Å². The number of rotatable bonds is 2. The fourth-order valence-corrected chi connectivity index (χ4v) is 6.25. The van der Waals surface area contributed by atoms with Crippen LogP contribution >= 0.6 is 11.6 Å². The molecule has 1 aromatic heterocycles. The highest BCUT2D eigenvalue weighted by molar-refractivity contribution is 7.91. The van der Waals surface area contributed by atoms with E-state index in [0.717, 1.165) is 0 Å². The number of nitrogens with zero attached hydrogens (tertiary/aromatic N) is 1. The van der Waals surface area contributed by atoms with Crippen molar-refractivity contribution in [1.29, 1.82) is 0 Å². The molecule has 0 unspecified atom stereocenters. The number of sulfone groups is 1. The van der Waals surface area contributed by atoms with Crippen molar-refractivity contribution in [2.24, 2.45) is 0 Å². The van der Waals surface area contributed by atoms with Gasteiger partial charge in [-0.1, -0.05) is 23.7 Å². The van der Waals surface area contributed by atoms with Gasteiger partial charge in [-0.3, -0.25) is 9.69 Å². The first-order valence-corrected chi connectivity index (χ1v) is 12.3. The monoisotopic (exact) mass is 499 g/mol. The fourth-order valence-electron chi connectivity index (χ4n) is 4.36. The fraction of sp³-hybridized carbons (Fsp3) is 0.318. The lowest BCUT2D eigenvalue weighted by atomic mass is 9.99. The summed E-state index contributed by atoms with van der Waals surface area (Å²) >= 11 is 5.85. The molecule has 1 fully saturated rings. The zero-order valence-corrected chi connectivity index (χ0v) is 18.6. The van der Waals surface area contributed by atoms with Gasteiger partial charge in [0.2, 0.25) is 11.2 Å². The van der Waals surface area contributed by atoms with Crippen LogP contribution in [0.4, 0.5) is 13.2 Å². The minimum atomic E-state index is -4.93. The summed E-state index contributed by atoms with van der Waals surface area (Å²) in [7, 11) is -3.17. The van der Waals surface area contributed by atoms with Crippen LogP contribution in [0.1, 0.15) is 17.7 Å². The lowest BCUT2D eigenvalue weighted by molar-refractivity contribution is -0.152. The molecule has 0 N–H and O–H groups in total. The Balaban J connectivity index is 1.68. The van der Waals surface area contributed by atoms with Crippen LogP contribution in [0.3, 0.4) is 0 Å². The van der Waals surface area contributed by atoms with Crippen LogP contribution in [-0.2, 0) is 22.6 Å². The van der Waals surface area contributed by atoms with E-state index >= 15 is 0 Å². The molecule has 0 bridgehead atoms. The van der Waals surface area contributed by atoms with Crippen LogP contribution in [0.15, 0.2) is 45.6 Å². The van der Waals surface area contributed by atoms with Crippen LogP contribution in [0, 0.1) is 0 Å². The number of ether oxygens (including phenoxy) is 1. The van der Waals surface area contributed by atoms with E-state index in [1.807, 2.05) is 0 Å². The van der Waals surface area contributed by atoms with E-state index in [1.165, 1.54) is 36.4 Å². The average molecular weight is 500 g/mol. The molecule has 0 aliphatic carbocycles. The summed E-state index contributed by atoms with van der Waals surface area (Å²) in [5.41, 5.74) is -1.31. The van der Waals surface area contributed by atoms with Crippen molar-refractivity contribution in [2.45, 2.75) is 25.2 Å². The molecule has 1 atom stereocenters. The van der Waals surface area contributed by atoms with Crippen molar-refractivity contribution in [3.63, 3.8) is 0 Å². The van der Waals surface area contributed by atoms with Crippen LogP contribution < -0.4 is 10.2 Å². The topological polar surface area (TPSA) is 76.8 Å². The van der Waals surface area contributed by atoms with Gasteiger partial charge in [0.15, 0.2) is 9.84 Å². The molecule has 2 aliphatic heterocycles. The van der Waals surface area contributed by atoms with Crippen LogP contribution in [0.25, 0.3) is 22.1 Å². The first-order chi connectivity index (χ1) is 15.5. The van der Waals surface area contributed by atoms with Crippen molar-refractivity contribution >= 4 is 32.4 Å². The number of halogens is 4. The van der Waals surface area contributed by atoms with Gasteiger partial charge in [-0.25, -0.2) is 8.42 Å². The first-order valence-electron chi connectivity index (χ1n) is 10.1. The van der Waals surface area contributed by atoms with Gasteiger partial charge in [0, 0.05) is 17.6 Å². The number of hydrogen-bond donors (Lipinski definition) is 0. The molecule has 1 saturated heterocycles. The highest BCUT2D eigenvalue weighted by Crippen LogP contribution is 2.40. The smallest absolute Gasteiger partial charge is 0.450 e. The molecule has 5 rings (SSSR count). The highest BCUT2D eigenvalue weighted by Gasteiger charge is 2.41. The summed E-state index contributed by atoms with van der Waals surface area (Å²) < 4.78 is 76.8. The predicted octanol–water partition coefficient (Wildman–Crippen LogP) is 4.47. The van der Waals surface area contributed by atoms with Crippen molar-refractivity contribution in [1.82, 2.24) is 4.90 Å². The van der Waals surface area contributed by atoms with Crippen molar-refractivity contribution in [3.8, 4) is 16.9 Å². The number of alkyl halides is 3. The molecular weight excluding hydrogens is 483 g/mol. The molecule has 3 aromatic rings. The van der Waals surface area contributed by atoms with E-state index in [9.17, 15) is 26.4 Å². The molecule has 174 valence electrons. The van der Waals surface area contributed by atoms with Gasteiger partial charge < -0.3 is 9.15 Å². The van der Waals surface area contributed by atoms with Gasteiger partial charge in [-0.15, -0.1) is 0 Å². The van der Waals surface area contributed by atoms with Gasteiger partial charge in [0.05, 0.1) is 28.0 Å². The third kappa shape index (κ3) is 4.00. The van der Waals surface area contributed by atoms with Crippen LogP contribution in [0.5, 0.6) is 5.75 Å². The second-order valence-corrected chi connectivity index (χ2v) is 10.8. The third-order valence-electron chi connectivity index (χ3n) is 5.98. The summed E-state index contributed by atoms with van der Waals surface area (Å²) in [5.74, 6) is -1.10. The Morgan fingerprint density at radius 3 is 2.45 bits per heavy atom. The number of fused-ring (bicyclic) bond motifs is 3. The quantitative estimate of drug-likeness (QED) is 0.518. The van der Waals surface area contributed by atoms with E-state index in [1.54, 1.807) is 4.90 Å². The Bertz CT molecular complexity index is 1420. The van der Waals surface area contributed by atoms with Crippen LogP contribution in [0.2, 0.25) is 5.02 Å². The minimum Gasteiger partial charge on any atom is -0.478 e. The first kappa shape index (κ1) is 22.2. The normalized spacial score (nSPS) is 20.5. The molecule has 0 saturated carbocycles. The Labute approximate surface area is 191 Å². The Morgan fingerprint density at radius 1 is 1.09 bits per heavy atom. The maximum atomic E-state index is 14.0. The molecule has 0 amide bonds. The molecule has 3 heterocycles. The molecule has 33 heavy (non-hydrogen) atoms. The van der Waals surface area contributed by atoms with Gasteiger partial charge in [0.25, 0.3) is 0 Å². The molecule has 2 aromatic carbocycles. The highest BCUT2D eigenvalue weighted by atomic mass is 35.5. The Morgan fingerprint density at radius 2 is 1.82 bits per heavy atom. The standard InChI is InChI=1S/C22H17ClF3NO5S/c23-13-3-1-12(2-4-13)18-19(28)15-5-6-17-16(20(15)32-21(18)22(24,25)26)9-27(11-31-17)14-7-8-33(29,30)10-14/h1-6,14H,7-11H2/t14-/m0/s1. The van der Waals surface area contributed by atoms with Crippen molar-refractivity contribution < 1.29 is 30.7 Å². The second kappa shape index (κ2) is 7.75. The molecule has 0 spiro atoms. The van der Waals surface area contributed by atoms with Gasteiger partial charge in [0.1, 0.15) is 18.1 Å². The molecule has 6 nitrogen and oxygen atoms in total. The third-order valence-corrected chi connectivity index (χ3v) is 7.98. The largest absolute Gasteiger partial charge is 0.478 e. The average Bonchev–Trinajstić information content (AvgIpc) is 3.13. The predicted molar refractivity (Wildman–Crippen MR) is 116 cm³/mol. The van der Waals surface area contributed by atoms with E-state index in [0.29, 0.717) is 17.2 Å². The number of benzene rings is 2. The summed E-state index contributed by atoms with van der Waals surface area (Å²) in [5, 5.41) is 0.300. The summed E-state index contributed by atoms with van der Waals surface area (Å²) in [6.45, 7) is 0.200. The van der Waals surface area contributed by atoms with Gasteiger partial charge >= 0.3 is 6.18 Å². The van der Waals surface area contributed by atoms with E-state index in [2.05, 4.69) is 0 Å². The minimum absolute atomic E-state index is 0.0174. The second-order valence-electron chi connectivity index (χ2n) is 8.14. The SMILES string of the molecule is O=c1c(-c2ccc(Cl)cc2)c(C(F)(F)F)oc2c3c(ccc12)OCN([C@H]1CCS(=O)(=O)C1)C3. The zero-order chi connectivity index (χ0) is 23.5. The van der Waals surface area contributed by atoms with Crippen LogP contribution in [-0.4, -0.2) is 37.6 Å². The van der Waals surface area contributed by atoms with Gasteiger partial charge in [-0.2, -0.15) is 13.2 Å². The van der Waals surface area contributed by atoms with E-state index in [4.69, 9.17) is 20.8 Å². The lowest BCUT2D eigenvalue weighted by Crippen LogP contribution is -2.41. The molecule has 0 radical (unpaired) electrons. The molecule has 2 aliphatic rings. The zero-order valence-electron chi connectivity index (χ0n) is 17.0. The van der Waals surface area contributed by atoms with Crippen molar-refractivity contribution in [3.05, 3.63) is 63.0 Å². The maximum Gasteiger partial charge on any atom is 0.450 e. The van der Waals surface area contributed by atoms with E-state index < -0.39 is 32.8 Å². The Hall–Kier alpha value is -2.56. The summed E-state index contributed by atoms with van der Waals surface area (Å²) in [6, 6.07) is 8.05.